The van der Waals surface area contributed by atoms with Gasteiger partial charge in [-0.05, 0) is 48.4 Å². The zero-order valence-corrected chi connectivity index (χ0v) is 20.1. The Morgan fingerprint density at radius 3 is 2.59 bits per heavy atom. The highest BCUT2D eigenvalue weighted by atomic mass is 19.1. The van der Waals surface area contributed by atoms with Gasteiger partial charge in [-0.25, -0.2) is 9.37 Å². The number of anilines is 1. The number of H-pyrrole nitrogens is 2. The number of hydrogen-bond donors (Lipinski definition) is 3. The molecule has 6 rings (SSSR count). The average molecular weight is 492 g/mol. The van der Waals surface area contributed by atoms with E-state index in [9.17, 15) is 9.18 Å². The summed E-state index contributed by atoms with van der Waals surface area (Å²) in [5, 5.41) is 12.1. The van der Waals surface area contributed by atoms with Crippen molar-refractivity contribution in [3.05, 3.63) is 78.8 Å². The van der Waals surface area contributed by atoms with E-state index in [1.165, 1.54) is 12.1 Å². The third kappa shape index (κ3) is 4.20. The first-order valence-corrected chi connectivity index (χ1v) is 11.8. The second kappa shape index (κ2) is 8.94. The van der Waals surface area contributed by atoms with Crippen LogP contribution in [0.1, 0.15) is 18.9 Å². The van der Waals surface area contributed by atoms with Crippen LogP contribution in [-0.4, -0.2) is 36.0 Å². The molecule has 5 aromatic heterocycles. The minimum Gasteiger partial charge on any atom is -0.352 e. The Bertz CT molecular complexity index is 1780. The Labute approximate surface area is 211 Å². The number of hydrogen-bond acceptors (Lipinski definition) is 5. The predicted octanol–water partition coefficient (Wildman–Crippen LogP) is 6.03. The number of nitrogens with one attached hydrogen (secondary N) is 3. The van der Waals surface area contributed by atoms with Crippen molar-refractivity contribution in [2.75, 3.05) is 5.32 Å². The molecule has 0 aliphatic rings. The molecule has 0 unspecified atom stereocenters. The number of carbonyl (C=O) groups is 1. The van der Waals surface area contributed by atoms with E-state index in [-0.39, 0.29) is 11.7 Å². The molecular weight excluding hydrogens is 469 g/mol. The molecular formula is C28H22FN7O. The molecule has 0 saturated heterocycles. The van der Waals surface area contributed by atoms with E-state index in [0.29, 0.717) is 23.4 Å². The van der Waals surface area contributed by atoms with Gasteiger partial charge in [0.1, 0.15) is 11.5 Å². The average Bonchev–Trinajstić information content (AvgIpc) is 3.51. The van der Waals surface area contributed by atoms with E-state index in [2.05, 4.69) is 35.5 Å². The molecule has 8 nitrogen and oxygen atoms in total. The number of pyridine rings is 3. The Morgan fingerprint density at radius 2 is 1.76 bits per heavy atom. The lowest BCUT2D eigenvalue weighted by atomic mass is 10.0. The van der Waals surface area contributed by atoms with E-state index in [1.807, 2.05) is 31.2 Å². The Hall–Kier alpha value is -4.92. The van der Waals surface area contributed by atoms with E-state index >= 15 is 0 Å². The van der Waals surface area contributed by atoms with Gasteiger partial charge in [-0.2, -0.15) is 5.10 Å². The number of benzene rings is 1. The van der Waals surface area contributed by atoms with Gasteiger partial charge in [0.05, 0.1) is 29.3 Å². The molecule has 0 radical (unpaired) electrons. The summed E-state index contributed by atoms with van der Waals surface area (Å²) in [6.07, 6.45) is 8.96. The summed E-state index contributed by atoms with van der Waals surface area (Å²) in [4.78, 5) is 28.4. The fraction of sp³-hybridized carbons (Fsp3) is 0.107. The quantitative estimate of drug-likeness (QED) is 0.273. The molecule has 0 fully saturated rings. The van der Waals surface area contributed by atoms with Gasteiger partial charge in [0.15, 0.2) is 5.65 Å². The summed E-state index contributed by atoms with van der Waals surface area (Å²) in [5.41, 5.74) is 7.66. The smallest absolute Gasteiger partial charge is 0.224 e. The molecule has 182 valence electrons. The zero-order valence-electron chi connectivity index (χ0n) is 20.1. The largest absolute Gasteiger partial charge is 0.352 e. The molecule has 5 heterocycles. The van der Waals surface area contributed by atoms with Crippen LogP contribution >= 0.6 is 0 Å². The monoisotopic (exact) mass is 491 g/mol. The lowest BCUT2D eigenvalue weighted by Gasteiger charge is -2.06. The molecule has 9 heteroatoms. The fourth-order valence-corrected chi connectivity index (χ4v) is 4.48. The lowest BCUT2D eigenvalue weighted by Crippen LogP contribution is -2.09. The summed E-state index contributed by atoms with van der Waals surface area (Å²) in [7, 11) is 0. The second-order valence-corrected chi connectivity index (χ2v) is 8.90. The van der Waals surface area contributed by atoms with E-state index < -0.39 is 0 Å². The number of amides is 1. The minimum atomic E-state index is -0.285. The highest BCUT2D eigenvalue weighted by Crippen LogP contribution is 2.35. The second-order valence-electron chi connectivity index (χ2n) is 8.90. The van der Waals surface area contributed by atoms with Gasteiger partial charge < -0.3 is 10.3 Å². The molecule has 6 aromatic rings. The summed E-state index contributed by atoms with van der Waals surface area (Å²) in [6.45, 7) is 3.67. The highest BCUT2D eigenvalue weighted by molar-refractivity contribution is 6.00. The number of fused-ring (bicyclic) bond motifs is 2. The highest BCUT2D eigenvalue weighted by Gasteiger charge is 2.16. The summed E-state index contributed by atoms with van der Waals surface area (Å²) in [6, 6.07) is 10.8. The van der Waals surface area contributed by atoms with Crippen molar-refractivity contribution in [1.82, 2.24) is 30.1 Å². The Balaban J connectivity index is 1.43. The number of carbonyl (C=O) groups excluding carboxylic acids is 1. The van der Waals surface area contributed by atoms with E-state index in [4.69, 9.17) is 0 Å². The first-order valence-electron chi connectivity index (χ1n) is 11.8. The number of aromatic nitrogens is 6. The third-order valence-corrected chi connectivity index (χ3v) is 6.25. The normalized spacial score (nSPS) is 11.3. The first-order chi connectivity index (χ1) is 18.0. The van der Waals surface area contributed by atoms with Gasteiger partial charge in [0.25, 0.3) is 0 Å². The van der Waals surface area contributed by atoms with Crippen LogP contribution in [0.5, 0.6) is 0 Å². The Morgan fingerprint density at radius 1 is 0.919 bits per heavy atom. The fourth-order valence-electron chi connectivity index (χ4n) is 4.48. The van der Waals surface area contributed by atoms with Gasteiger partial charge in [-0.1, -0.05) is 13.0 Å². The topological polar surface area (TPSA) is 112 Å². The maximum Gasteiger partial charge on any atom is 0.224 e. The first kappa shape index (κ1) is 22.5. The number of aromatic amines is 2. The number of nitrogens with zero attached hydrogens (tertiary/aromatic N) is 4. The van der Waals surface area contributed by atoms with Crippen molar-refractivity contribution < 1.29 is 9.18 Å². The number of aryl methyl sites for hydroxylation is 1. The van der Waals surface area contributed by atoms with Crippen LogP contribution in [0.3, 0.4) is 0 Å². The van der Waals surface area contributed by atoms with Crippen LogP contribution < -0.4 is 5.32 Å². The van der Waals surface area contributed by atoms with Crippen molar-refractivity contribution in [2.24, 2.45) is 0 Å². The van der Waals surface area contributed by atoms with Crippen LogP contribution in [0, 0.1) is 12.7 Å². The molecule has 3 N–H and O–H groups in total. The lowest BCUT2D eigenvalue weighted by molar-refractivity contribution is -0.115. The van der Waals surface area contributed by atoms with Crippen LogP contribution in [-0.2, 0) is 4.79 Å². The molecule has 0 bridgehead atoms. The van der Waals surface area contributed by atoms with Gasteiger partial charge >= 0.3 is 0 Å². The molecule has 37 heavy (non-hydrogen) atoms. The molecule has 0 saturated carbocycles. The van der Waals surface area contributed by atoms with E-state index in [1.54, 1.807) is 37.9 Å². The Kier molecular flexibility index (Phi) is 5.45. The van der Waals surface area contributed by atoms with Crippen molar-refractivity contribution in [3.63, 3.8) is 0 Å². The van der Waals surface area contributed by atoms with Crippen molar-refractivity contribution in [2.45, 2.75) is 20.3 Å². The molecule has 0 atom stereocenters. The number of halogens is 1. The predicted molar refractivity (Wildman–Crippen MR) is 141 cm³/mol. The molecule has 1 amide bonds. The van der Waals surface area contributed by atoms with Crippen LogP contribution in [0.15, 0.2) is 67.4 Å². The van der Waals surface area contributed by atoms with Crippen molar-refractivity contribution in [1.29, 1.82) is 0 Å². The number of rotatable bonds is 5. The standard InChI is InChI=1S/C28H22FN7O/c1-3-26(37)33-20-7-17(10-30-12-20)18-8-22-27(35-36-28(22)32-11-18)24-9-21-23(13-31-14-25(21)34-24)16-4-15(2)5-19(29)6-16/h4-14,34H,3H2,1-2H3,(H,33,37)(H,32,35,36). The summed E-state index contributed by atoms with van der Waals surface area (Å²) >= 11 is 0. The maximum absolute atomic E-state index is 14.1. The zero-order chi connectivity index (χ0) is 25.5. The molecule has 0 aliphatic heterocycles. The van der Waals surface area contributed by atoms with E-state index in [0.717, 1.165) is 49.8 Å². The van der Waals surface area contributed by atoms with Gasteiger partial charge in [-0.15, -0.1) is 0 Å². The minimum absolute atomic E-state index is 0.0780. The van der Waals surface area contributed by atoms with Crippen molar-refractivity contribution in [3.8, 4) is 33.6 Å². The van der Waals surface area contributed by atoms with Crippen LogP contribution in [0.2, 0.25) is 0 Å². The summed E-state index contributed by atoms with van der Waals surface area (Å²) in [5.74, 6) is -0.363. The van der Waals surface area contributed by atoms with Gasteiger partial charge in [-0.3, -0.25) is 19.9 Å². The van der Waals surface area contributed by atoms with Crippen molar-refractivity contribution >= 4 is 33.5 Å². The van der Waals surface area contributed by atoms with Crippen LogP contribution in [0.4, 0.5) is 10.1 Å². The SMILES string of the molecule is CCC(=O)Nc1cncc(-c2cnc3[nH]nc(-c4cc5c(-c6cc(C)cc(F)c6)cncc5[nH]4)c3c2)c1. The third-order valence-electron chi connectivity index (χ3n) is 6.25. The molecule has 1 aromatic carbocycles. The molecule has 0 aliphatic carbocycles. The maximum atomic E-state index is 14.1. The summed E-state index contributed by atoms with van der Waals surface area (Å²) < 4.78 is 14.1. The van der Waals surface area contributed by atoms with Gasteiger partial charge in [0, 0.05) is 52.5 Å². The van der Waals surface area contributed by atoms with Crippen LogP contribution in [0.25, 0.3) is 55.6 Å². The van der Waals surface area contributed by atoms with Gasteiger partial charge in [0.2, 0.25) is 5.91 Å². The molecule has 0 spiro atoms.